The molecule has 0 amide bonds. The minimum Gasteiger partial charge on any atom is -0.455 e. The van der Waals surface area contributed by atoms with E-state index in [1.165, 1.54) is 6.21 Å². The summed E-state index contributed by atoms with van der Waals surface area (Å²) in [5.41, 5.74) is 1.02. The zero-order valence-corrected chi connectivity index (χ0v) is 9.44. The minimum absolute atomic E-state index is 0.649. The third-order valence-corrected chi connectivity index (χ3v) is 2.49. The molecular formula is C11H9BrN2O. The van der Waals surface area contributed by atoms with Crippen LogP contribution in [0.1, 0.15) is 5.76 Å². The van der Waals surface area contributed by atoms with Gasteiger partial charge in [-0.1, -0.05) is 28.1 Å². The summed E-state index contributed by atoms with van der Waals surface area (Å²) in [5.74, 6) is 6.48. The van der Waals surface area contributed by atoms with Crippen molar-refractivity contribution in [1.82, 2.24) is 0 Å². The molecule has 2 N–H and O–H groups in total. The Morgan fingerprint density at radius 2 is 1.87 bits per heavy atom. The van der Waals surface area contributed by atoms with Crippen LogP contribution in [0.4, 0.5) is 0 Å². The van der Waals surface area contributed by atoms with Gasteiger partial charge in [0.2, 0.25) is 0 Å². The Labute approximate surface area is 95.7 Å². The number of halogens is 1. The maximum absolute atomic E-state index is 5.51. The van der Waals surface area contributed by atoms with Crippen LogP contribution in [0.3, 0.4) is 0 Å². The van der Waals surface area contributed by atoms with E-state index < -0.39 is 0 Å². The van der Waals surface area contributed by atoms with Crippen molar-refractivity contribution < 1.29 is 4.42 Å². The van der Waals surface area contributed by atoms with Crippen LogP contribution < -0.4 is 5.84 Å². The Hall–Kier alpha value is -1.55. The molecule has 3 nitrogen and oxygen atoms in total. The van der Waals surface area contributed by atoms with Crippen molar-refractivity contribution in [2.45, 2.75) is 0 Å². The number of hydrogen-bond donors (Lipinski definition) is 1. The van der Waals surface area contributed by atoms with Crippen molar-refractivity contribution in [1.29, 1.82) is 0 Å². The van der Waals surface area contributed by atoms with Crippen LogP contribution >= 0.6 is 15.9 Å². The normalized spacial score (nSPS) is 11.0. The third kappa shape index (κ3) is 2.27. The van der Waals surface area contributed by atoms with Crippen molar-refractivity contribution in [3.63, 3.8) is 0 Å². The average Bonchev–Trinajstić information content (AvgIpc) is 2.68. The maximum Gasteiger partial charge on any atom is 0.147 e. The van der Waals surface area contributed by atoms with E-state index >= 15 is 0 Å². The molecule has 4 heteroatoms. The molecule has 0 saturated carbocycles. The first kappa shape index (κ1) is 9.98. The SMILES string of the molecule is N/N=C\c1ccc(-c2ccc(Br)cc2)o1. The van der Waals surface area contributed by atoms with E-state index in [1.54, 1.807) is 0 Å². The topological polar surface area (TPSA) is 51.5 Å². The summed E-state index contributed by atoms with van der Waals surface area (Å²) in [6.07, 6.45) is 1.47. The molecule has 0 spiro atoms. The van der Waals surface area contributed by atoms with E-state index in [0.29, 0.717) is 5.76 Å². The Balaban J connectivity index is 2.33. The van der Waals surface area contributed by atoms with Gasteiger partial charge < -0.3 is 10.3 Å². The fraction of sp³-hybridized carbons (Fsp3) is 0. The molecule has 1 aromatic heterocycles. The van der Waals surface area contributed by atoms with Crippen molar-refractivity contribution in [2.24, 2.45) is 10.9 Å². The van der Waals surface area contributed by atoms with Crippen molar-refractivity contribution >= 4 is 22.1 Å². The molecule has 0 aliphatic heterocycles. The number of hydrazone groups is 1. The Morgan fingerprint density at radius 3 is 2.53 bits per heavy atom. The standard InChI is InChI=1S/C11H9BrN2O/c12-9-3-1-8(2-4-9)11-6-5-10(15-11)7-14-13/h1-7H,13H2/b14-7-. The third-order valence-electron chi connectivity index (χ3n) is 1.96. The van der Waals surface area contributed by atoms with Crippen molar-refractivity contribution in [3.8, 4) is 11.3 Å². The zero-order valence-electron chi connectivity index (χ0n) is 7.85. The number of nitrogens with zero attached hydrogens (tertiary/aromatic N) is 1. The van der Waals surface area contributed by atoms with Gasteiger partial charge in [-0.15, -0.1) is 0 Å². The van der Waals surface area contributed by atoms with Gasteiger partial charge in [-0.25, -0.2) is 0 Å². The van der Waals surface area contributed by atoms with Crippen molar-refractivity contribution in [3.05, 3.63) is 46.6 Å². The largest absolute Gasteiger partial charge is 0.455 e. The summed E-state index contributed by atoms with van der Waals surface area (Å²) in [4.78, 5) is 0. The fourth-order valence-electron chi connectivity index (χ4n) is 1.26. The summed E-state index contributed by atoms with van der Waals surface area (Å²) in [6.45, 7) is 0. The van der Waals surface area contributed by atoms with Crippen LogP contribution in [0.2, 0.25) is 0 Å². The van der Waals surface area contributed by atoms with Crippen LogP contribution in [0, 0.1) is 0 Å². The zero-order chi connectivity index (χ0) is 10.7. The molecule has 0 aliphatic carbocycles. The molecule has 2 aromatic rings. The van der Waals surface area contributed by atoms with Gasteiger partial charge in [0.15, 0.2) is 0 Å². The highest BCUT2D eigenvalue weighted by molar-refractivity contribution is 9.10. The van der Waals surface area contributed by atoms with E-state index in [-0.39, 0.29) is 0 Å². The quantitative estimate of drug-likeness (QED) is 0.515. The first-order valence-corrected chi connectivity index (χ1v) is 5.18. The predicted molar refractivity (Wildman–Crippen MR) is 63.6 cm³/mol. The fourth-order valence-corrected chi connectivity index (χ4v) is 1.53. The molecular weight excluding hydrogens is 256 g/mol. The molecule has 0 bridgehead atoms. The number of benzene rings is 1. The molecule has 2 rings (SSSR count). The number of furan rings is 1. The second-order valence-corrected chi connectivity index (χ2v) is 3.90. The first-order valence-electron chi connectivity index (χ1n) is 4.38. The van der Waals surface area contributed by atoms with E-state index in [2.05, 4.69) is 21.0 Å². The van der Waals surface area contributed by atoms with Gasteiger partial charge in [0, 0.05) is 10.0 Å². The highest BCUT2D eigenvalue weighted by Crippen LogP contribution is 2.23. The van der Waals surface area contributed by atoms with Crippen LogP contribution in [0.25, 0.3) is 11.3 Å². The molecule has 15 heavy (non-hydrogen) atoms. The number of nitrogens with two attached hydrogens (primary N) is 1. The van der Waals surface area contributed by atoms with Crippen LogP contribution in [0.15, 0.2) is 50.4 Å². The van der Waals surface area contributed by atoms with Gasteiger partial charge in [-0.2, -0.15) is 5.10 Å². The first-order chi connectivity index (χ1) is 7.29. The van der Waals surface area contributed by atoms with Crippen LogP contribution in [0.5, 0.6) is 0 Å². The smallest absolute Gasteiger partial charge is 0.147 e. The molecule has 1 aromatic carbocycles. The van der Waals surface area contributed by atoms with E-state index in [9.17, 15) is 0 Å². The lowest BCUT2D eigenvalue weighted by atomic mass is 10.2. The summed E-state index contributed by atoms with van der Waals surface area (Å²) >= 11 is 3.38. The summed E-state index contributed by atoms with van der Waals surface area (Å²) in [5, 5.41) is 3.40. The lowest BCUT2D eigenvalue weighted by molar-refractivity contribution is 0.575. The number of hydrogen-bond acceptors (Lipinski definition) is 3. The van der Waals surface area contributed by atoms with Gasteiger partial charge in [0.25, 0.3) is 0 Å². The Bertz CT molecular complexity index is 474. The Morgan fingerprint density at radius 1 is 1.13 bits per heavy atom. The van der Waals surface area contributed by atoms with E-state index in [0.717, 1.165) is 15.8 Å². The minimum atomic E-state index is 0.649. The molecule has 0 radical (unpaired) electrons. The summed E-state index contributed by atoms with van der Waals surface area (Å²) < 4.78 is 6.55. The Kier molecular flexibility index (Phi) is 2.87. The van der Waals surface area contributed by atoms with Gasteiger partial charge in [-0.3, -0.25) is 0 Å². The average molecular weight is 265 g/mol. The molecule has 0 saturated heterocycles. The molecule has 0 unspecified atom stereocenters. The second kappa shape index (κ2) is 4.31. The van der Waals surface area contributed by atoms with Crippen molar-refractivity contribution in [2.75, 3.05) is 0 Å². The van der Waals surface area contributed by atoms with Crippen LogP contribution in [-0.2, 0) is 0 Å². The second-order valence-electron chi connectivity index (χ2n) is 2.99. The lowest BCUT2D eigenvalue weighted by Gasteiger charge is -1.96. The highest BCUT2D eigenvalue weighted by atomic mass is 79.9. The summed E-state index contributed by atoms with van der Waals surface area (Å²) in [6, 6.07) is 11.6. The highest BCUT2D eigenvalue weighted by Gasteiger charge is 2.02. The molecule has 76 valence electrons. The lowest BCUT2D eigenvalue weighted by Crippen LogP contribution is -1.82. The molecule has 0 fully saturated rings. The van der Waals surface area contributed by atoms with Gasteiger partial charge in [0.1, 0.15) is 11.5 Å². The summed E-state index contributed by atoms with van der Waals surface area (Å²) in [7, 11) is 0. The van der Waals surface area contributed by atoms with Gasteiger partial charge >= 0.3 is 0 Å². The van der Waals surface area contributed by atoms with E-state index in [4.69, 9.17) is 10.3 Å². The number of rotatable bonds is 2. The monoisotopic (exact) mass is 264 g/mol. The van der Waals surface area contributed by atoms with Gasteiger partial charge in [-0.05, 0) is 24.3 Å². The molecule has 0 aliphatic rings. The predicted octanol–water partition coefficient (Wildman–Crippen LogP) is 3.00. The van der Waals surface area contributed by atoms with Crippen LogP contribution in [-0.4, -0.2) is 6.21 Å². The molecule has 1 heterocycles. The maximum atomic E-state index is 5.51. The van der Waals surface area contributed by atoms with E-state index in [1.807, 2.05) is 36.4 Å². The van der Waals surface area contributed by atoms with Gasteiger partial charge in [0.05, 0.1) is 6.21 Å². The molecule has 0 atom stereocenters.